The second-order valence-electron chi connectivity index (χ2n) is 4.22. The molecule has 0 aromatic carbocycles. The fourth-order valence-electron chi connectivity index (χ4n) is 1.30. The predicted octanol–water partition coefficient (Wildman–Crippen LogP) is 2.12. The van der Waals surface area contributed by atoms with Gasteiger partial charge in [0, 0.05) is 38.0 Å². The molecule has 0 unspecified atom stereocenters. The van der Waals surface area contributed by atoms with Crippen LogP contribution < -0.4 is 5.32 Å². The smallest absolute Gasteiger partial charge is 0.194 e. The van der Waals surface area contributed by atoms with Gasteiger partial charge < -0.3 is 5.32 Å². The maximum Gasteiger partial charge on any atom is 0.194 e. The van der Waals surface area contributed by atoms with Crippen LogP contribution in [0.25, 0.3) is 0 Å². The largest absolute Gasteiger partial charge is 0.344 e. The van der Waals surface area contributed by atoms with Crippen LogP contribution in [0.4, 0.5) is 0 Å². The topological polar surface area (TPSA) is 54.4 Å². The van der Waals surface area contributed by atoms with Crippen LogP contribution in [0.5, 0.6) is 0 Å². The quantitative estimate of drug-likeness (QED) is 0.638. The molecule has 0 fully saturated rings. The van der Waals surface area contributed by atoms with Gasteiger partial charge in [-0.25, -0.2) is 0 Å². The molecule has 1 rings (SSSR count). The number of Topliss-reactive ketones (excluding diaryl/α,β-unsaturated/α-hetero) is 1. The van der Waals surface area contributed by atoms with E-state index in [-0.39, 0.29) is 5.78 Å². The number of pyridine rings is 1. The summed E-state index contributed by atoms with van der Waals surface area (Å²) >= 11 is 0. The molecule has 1 aromatic rings. The number of carbonyl (C=O) groups excluding carboxylic acids is 1. The Bertz CT molecular complexity index is 445. The highest BCUT2D eigenvalue weighted by molar-refractivity contribution is 6.38. The van der Waals surface area contributed by atoms with E-state index in [4.69, 9.17) is 0 Å². The first-order valence-corrected chi connectivity index (χ1v) is 5.95. The molecule has 0 aliphatic heterocycles. The van der Waals surface area contributed by atoms with Gasteiger partial charge in [-0.15, -0.1) is 0 Å². The highest BCUT2D eigenvalue weighted by Crippen LogP contribution is 1.95. The SMILES string of the molecule is CC(=O)C(=NCCc1ccccn1)NC=C(C)C. The standard InChI is InChI=1S/C14H19N3O/c1-11(2)10-17-14(12(3)18)16-9-7-13-6-4-5-8-15-13/h4-6,8,10H,7,9H2,1-3H3,(H,16,17). The summed E-state index contributed by atoms with van der Waals surface area (Å²) in [5, 5.41) is 2.92. The molecule has 0 amide bonds. The van der Waals surface area contributed by atoms with Crippen LogP contribution >= 0.6 is 0 Å². The third-order valence-electron chi connectivity index (χ3n) is 2.20. The minimum atomic E-state index is -0.0616. The Hall–Kier alpha value is -1.97. The van der Waals surface area contributed by atoms with Crippen LogP contribution in [0.3, 0.4) is 0 Å². The predicted molar refractivity (Wildman–Crippen MR) is 73.5 cm³/mol. The molecule has 18 heavy (non-hydrogen) atoms. The van der Waals surface area contributed by atoms with E-state index in [2.05, 4.69) is 15.3 Å². The molecule has 0 saturated heterocycles. The number of ketones is 1. The fourth-order valence-corrected chi connectivity index (χ4v) is 1.30. The Morgan fingerprint density at radius 2 is 2.17 bits per heavy atom. The zero-order valence-corrected chi connectivity index (χ0v) is 11.1. The molecule has 0 spiro atoms. The Labute approximate surface area is 108 Å². The molecule has 1 N–H and O–H groups in total. The summed E-state index contributed by atoms with van der Waals surface area (Å²) in [5.41, 5.74) is 2.07. The first-order chi connectivity index (χ1) is 8.59. The number of aromatic nitrogens is 1. The lowest BCUT2D eigenvalue weighted by Gasteiger charge is -2.03. The lowest BCUT2D eigenvalue weighted by Crippen LogP contribution is -2.26. The Morgan fingerprint density at radius 1 is 1.39 bits per heavy atom. The fraction of sp³-hybridized carbons (Fsp3) is 0.357. The molecule has 0 bridgehead atoms. The van der Waals surface area contributed by atoms with Gasteiger partial charge in [0.1, 0.15) is 0 Å². The van der Waals surface area contributed by atoms with Crippen molar-refractivity contribution in [2.45, 2.75) is 27.2 Å². The second kappa shape index (κ2) is 7.37. The Kier molecular flexibility index (Phi) is 5.77. The number of amidine groups is 1. The molecule has 96 valence electrons. The van der Waals surface area contributed by atoms with E-state index in [9.17, 15) is 4.79 Å². The van der Waals surface area contributed by atoms with Crippen LogP contribution in [0, 0.1) is 0 Å². The molecule has 0 radical (unpaired) electrons. The molecule has 0 saturated carbocycles. The maximum absolute atomic E-state index is 11.4. The molecule has 4 nitrogen and oxygen atoms in total. The number of hydrogen-bond donors (Lipinski definition) is 1. The molecule has 4 heteroatoms. The highest BCUT2D eigenvalue weighted by atomic mass is 16.1. The van der Waals surface area contributed by atoms with Crippen molar-refractivity contribution >= 4 is 11.6 Å². The number of nitrogens with zero attached hydrogens (tertiary/aromatic N) is 2. The van der Waals surface area contributed by atoms with Crippen molar-refractivity contribution < 1.29 is 4.79 Å². The van der Waals surface area contributed by atoms with Crippen molar-refractivity contribution in [1.82, 2.24) is 10.3 Å². The third kappa shape index (κ3) is 5.39. The first-order valence-electron chi connectivity index (χ1n) is 5.95. The third-order valence-corrected chi connectivity index (χ3v) is 2.20. The molecule has 0 aliphatic carbocycles. The minimum Gasteiger partial charge on any atom is -0.344 e. The van der Waals surface area contributed by atoms with Gasteiger partial charge in [0.15, 0.2) is 11.6 Å². The number of aliphatic imine (C=N–C) groups is 1. The van der Waals surface area contributed by atoms with E-state index >= 15 is 0 Å². The van der Waals surface area contributed by atoms with E-state index in [1.165, 1.54) is 6.92 Å². The van der Waals surface area contributed by atoms with Gasteiger partial charge in [-0.3, -0.25) is 14.8 Å². The average molecular weight is 245 g/mol. The van der Waals surface area contributed by atoms with E-state index in [1.807, 2.05) is 32.0 Å². The lowest BCUT2D eigenvalue weighted by atomic mass is 10.3. The Morgan fingerprint density at radius 3 is 2.72 bits per heavy atom. The van der Waals surface area contributed by atoms with Crippen molar-refractivity contribution in [1.29, 1.82) is 0 Å². The van der Waals surface area contributed by atoms with Gasteiger partial charge >= 0.3 is 0 Å². The van der Waals surface area contributed by atoms with Crippen molar-refractivity contribution in [3.63, 3.8) is 0 Å². The van der Waals surface area contributed by atoms with E-state index in [0.717, 1.165) is 17.7 Å². The molecular formula is C14H19N3O. The van der Waals surface area contributed by atoms with Gasteiger partial charge in [0.2, 0.25) is 0 Å². The number of nitrogens with one attached hydrogen (secondary N) is 1. The van der Waals surface area contributed by atoms with Crippen molar-refractivity contribution in [2.75, 3.05) is 6.54 Å². The molecule has 1 aromatic heterocycles. The van der Waals surface area contributed by atoms with Gasteiger partial charge in [-0.1, -0.05) is 11.6 Å². The minimum absolute atomic E-state index is 0.0616. The molecule has 0 aliphatic rings. The summed E-state index contributed by atoms with van der Waals surface area (Å²) in [7, 11) is 0. The second-order valence-corrected chi connectivity index (χ2v) is 4.22. The van der Waals surface area contributed by atoms with E-state index in [1.54, 1.807) is 12.4 Å². The molecule has 0 atom stereocenters. The molecule has 1 heterocycles. The summed E-state index contributed by atoms with van der Waals surface area (Å²) in [6.07, 6.45) is 4.27. The number of hydrogen-bond acceptors (Lipinski definition) is 3. The van der Waals surface area contributed by atoms with Crippen molar-refractivity contribution in [3.05, 3.63) is 41.9 Å². The summed E-state index contributed by atoms with van der Waals surface area (Å²) in [4.78, 5) is 19.8. The van der Waals surface area contributed by atoms with Gasteiger partial charge in [-0.05, 0) is 26.0 Å². The van der Waals surface area contributed by atoms with Crippen LogP contribution in [0.1, 0.15) is 26.5 Å². The van der Waals surface area contributed by atoms with Crippen LogP contribution in [-0.2, 0) is 11.2 Å². The summed E-state index contributed by atoms with van der Waals surface area (Å²) in [6, 6.07) is 5.77. The van der Waals surface area contributed by atoms with Crippen molar-refractivity contribution in [3.8, 4) is 0 Å². The summed E-state index contributed by atoms with van der Waals surface area (Å²) in [6.45, 7) is 5.97. The number of allylic oxidation sites excluding steroid dienone is 1. The molecular weight excluding hydrogens is 226 g/mol. The average Bonchev–Trinajstić information content (AvgIpc) is 2.34. The number of carbonyl (C=O) groups is 1. The Balaban J connectivity index is 2.56. The first kappa shape index (κ1) is 14.1. The number of rotatable bonds is 5. The van der Waals surface area contributed by atoms with Gasteiger partial charge in [0.05, 0.1) is 0 Å². The maximum atomic E-state index is 11.4. The summed E-state index contributed by atoms with van der Waals surface area (Å²) < 4.78 is 0. The zero-order valence-electron chi connectivity index (χ0n) is 11.1. The van der Waals surface area contributed by atoms with Gasteiger partial charge in [0.25, 0.3) is 0 Å². The van der Waals surface area contributed by atoms with Crippen LogP contribution in [-0.4, -0.2) is 23.1 Å². The van der Waals surface area contributed by atoms with E-state index < -0.39 is 0 Å². The zero-order chi connectivity index (χ0) is 13.4. The summed E-state index contributed by atoms with van der Waals surface area (Å²) in [5.74, 6) is 0.334. The van der Waals surface area contributed by atoms with E-state index in [0.29, 0.717) is 12.4 Å². The van der Waals surface area contributed by atoms with Crippen LogP contribution in [0.15, 0.2) is 41.2 Å². The monoisotopic (exact) mass is 245 g/mol. The lowest BCUT2D eigenvalue weighted by molar-refractivity contribution is -0.111. The van der Waals surface area contributed by atoms with Crippen LogP contribution in [0.2, 0.25) is 0 Å². The highest BCUT2D eigenvalue weighted by Gasteiger charge is 2.02. The van der Waals surface area contributed by atoms with Crippen molar-refractivity contribution in [2.24, 2.45) is 4.99 Å². The van der Waals surface area contributed by atoms with Gasteiger partial charge in [-0.2, -0.15) is 0 Å². The normalized spacial score (nSPS) is 10.9.